The van der Waals surface area contributed by atoms with E-state index in [0.717, 1.165) is 13.0 Å². The molecule has 0 saturated carbocycles. The Bertz CT molecular complexity index is 168. The molecule has 1 N–H and O–H groups in total. The average molecular weight is 171 g/mol. The molecule has 0 radical (unpaired) electrons. The zero-order valence-corrected chi connectivity index (χ0v) is 7.96. The Kier molecular flexibility index (Phi) is 3.09. The summed E-state index contributed by atoms with van der Waals surface area (Å²) in [5.41, 5.74) is 0. The van der Waals surface area contributed by atoms with E-state index in [1.807, 2.05) is 0 Å². The largest absolute Gasteiger partial charge is 0.469 e. The van der Waals surface area contributed by atoms with Crippen LogP contribution in [-0.4, -0.2) is 25.7 Å². The number of methoxy groups -OCH3 is 1. The molecule has 0 spiro atoms. The van der Waals surface area contributed by atoms with E-state index in [0.29, 0.717) is 12.0 Å². The summed E-state index contributed by atoms with van der Waals surface area (Å²) in [6.45, 7) is 5.10. The molecule has 0 amide bonds. The lowest BCUT2D eigenvalue weighted by Crippen LogP contribution is -2.26. The molecule has 1 saturated heterocycles. The molecule has 1 heterocycles. The van der Waals surface area contributed by atoms with Gasteiger partial charge >= 0.3 is 5.97 Å². The normalized spacial score (nSPS) is 29.3. The highest BCUT2D eigenvalue weighted by atomic mass is 16.5. The van der Waals surface area contributed by atoms with Gasteiger partial charge < -0.3 is 10.1 Å². The Balaban J connectivity index is 2.40. The van der Waals surface area contributed by atoms with Crippen LogP contribution >= 0.6 is 0 Å². The Morgan fingerprint density at radius 1 is 1.58 bits per heavy atom. The fourth-order valence-corrected chi connectivity index (χ4v) is 1.62. The van der Waals surface area contributed by atoms with E-state index in [9.17, 15) is 4.79 Å². The highest BCUT2D eigenvalue weighted by Gasteiger charge is 2.31. The SMILES string of the molecule is COC(=O)C1CNC(C(C)C)C1. The average Bonchev–Trinajstić information content (AvgIpc) is 2.51. The highest BCUT2D eigenvalue weighted by molar-refractivity contribution is 5.73. The van der Waals surface area contributed by atoms with Crippen LogP contribution in [0, 0.1) is 11.8 Å². The molecule has 0 aromatic rings. The lowest BCUT2D eigenvalue weighted by Gasteiger charge is -2.13. The van der Waals surface area contributed by atoms with Gasteiger partial charge in [-0.3, -0.25) is 4.79 Å². The standard InChI is InChI=1S/C9H17NO2/c1-6(2)8-4-7(5-10-8)9(11)12-3/h6-8,10H,4-5H2,1-3H3. The van der Waals surface area contributed by atoms with E-state index in [2.05, 4.69) is 23.9 Å². The van der Waals surface area contributed by atoms with Crippen molar-refractivity contribution in [3.8, 4) is 0 Å². The fourth-order valence-electron chi connectivity index (χ4n) is 1.62. The van der Waals surface area contributed by atoms with Crippen molar-refractivity contribution in [3.63, 3.8) is 0 Å². The van der Waals surface area contributed by atoms with Crippen molar-refractivity contribution in [2.75, 3.05) is 13.7 Å². The maximum atomic E-state index is 11.1. The van der Waals surface area contributed by atoms with Crippen molar-refractivity contribution >= 4 is 5.97 Å². The first-order chi connectivity index (χ1) is 5.65. The number of hydrogen-bond acceptors (Lipinski definition) is 3. The maximum Gasteiger partial charge on any atom is 0.310 e. The predicted molar refractivity (Wildman–Crippen MR) is 46.8 cm³/mol. The van der Waals surface area contributed by atoms with Crippen molar-refractivity contribution in [1.82, 2.24) is 5.32 Å². The van der Waals surface area contributed by atoms with Gasteiger partial charge in [-0.25, -0.2) is 0 Å². The molecule has 3 heteroatoms. The number of hydrogen-bond donors (Lipinski definition) is 1. The first kappa shape index (κ1) is 9.52. The van der Waals surface area contributed by atoms with Crippen LogP contribution in [0.3, 0.4) is 0 Å². The van der Waals surface area contributed by atoms with Crippen molar-refractivity contribution in [2.45, 2.75) is 26.3 Å². The monoisotopic (exact) mass is 171 g/mol. The van der Waals surface area contributed by atoms with Crippen molar-refractivity contribution < 1.29 is 9.53 Å². The molecule has 3 nitrogen and oxygen atoms in total. The zero-order valence-electron chi connectivity index (χ0n) is 7.96. The van der Waals surface area contributed by atoms with Gasteiger partial charge in [0.1, 0.15) is 0 Å². The number of carbonyl (C=O) groups is 1. The van der Waals surface area contributed by atoms with E-state index in [4.69, 9.17) is 0 Å². The molecule has 0 bridgehead atoms. The fraction of sp³-hybridized carbons (Fsp3) is 0.889. The molecule has 2 atom stereocenters. The van der Waals surface area contributed by atoms with Crippen LogP contribution in [0.1, 0.15) is 20.3 Å². The van der Waals surface area contributed by atoms with Gasteiger partial charge in [-0.2, -0.15) is 0 Å². The number of esters is 1. The van der Waals surface area contributed by atoms with Gasteiger partial charge in [0.15, 0.2) is 0 Å². The zero-order chi connectivity index (χ0) is 9.14. The molecule has 1 rings (SSSR count). The van der Waals surface area contributed by atoms with Crippen LogP contribution in [0.25, 0.3) is 0 Å². The van der Waals surface area contributed by atoms with Crippen molar-refractivity contribution in [2.24, 2.45) is 11.8 Å². The minimum Gasteiger partial charge on any atom is -0.469 e. The maximum absolute atomic E-state index is 11.1. The third kappa shape index (κ3) is 1.97. The summed E-state index contributed by atoms with van der Waals surface area (Å²) in [6, 6.07) is 0.481. The summed E-state index contributed by atoms with van der Waals surface area (Å²) in [4.78, 5) is 11.1. The van der Waals surface area contributed by atoms with E-state index in [-0.39, 0.29) is 11.9 Å². The quantitative estimate of drug-likeness (QED) is 0.624. The predicted octanol–water partition coefficient (Wildman–Crippen LogP) is 0.793. The third-order valence-corrected chi connectivity index (χ3v) is 2.50. The second-order valence-electron chi connectivity index (χ2n) is 3.71. The Morgan fingerprint density at radius 3 is 2.67 bits per heavy atom. The van der Waals surface area contributed by atoms with Crippen LogP contribution in [0.2, 0.25) is 0 Å². The molecule has 2 unspecified atom stereocenters. The lowest BCUT2D eigenvalue weighted by molar-refractivity contribution is -0.144. The number of ether oxygens (including phenoxy) is 1. The molecule has 70 valence electrons. The van der Waals surface area contributed by atoms with Gasteiger partial charge in [0.2, 0.25) is 0 Å². The second-order valence-corrected chi connectivity index (χ2v) is 3.71. The lowest BCUT2D eigenvalue weighted by atomic mass is 9.98. The van der Waals surface area contributed by atoms with E-state index < -0.39 is 0 Å². The minimum atomic E-state index is -0.0781. The summed E-state index contributed by atoms with van der Waals surface area (Å²) in [6.07, 6.45) is 0.921. The van der Waals surface area contributed by atoms with Gasteiger partial charge in [-0.05, 0) is 12.3 Å². The van der Waals surface area contributed by atoms with Crippen LogP contribution in [0.4, 0.5) is 0 Å². The molecule has 1 aliphatic heterocycles. The topological polar surface area (TPSA) is 38.3 Å². The van der Waals surface area contributed by atoms with Crippen LogP contribution < -0.4 is 5.32 Å². The Labute approximate surface area is 73.5 Å². The minimum absolute atomic E-state index is 0.0717. The molecule has 1 fully saturated rings. The number of nitrogens with one attached hydrogen (secondary N) is 1. The van der Waals surface area contributed by atoms with E-state index in [1.165, 1.54) is 7.11 Å². The summed E-state index contributed by atoms with van der Waals surface area (Å²) in [5, 5.41) is 3.32. The molecule has 12 heavy (non-hydrogen) atoms. The summed E-state index contributed by atoms with van der Waals surface area (Å²) in [7, 11) is 1.45. The molecular formula is C9H17NO2. The summed E-state index contributed by atoms with van der Waals surface area (Å²) in [5.74, 6) is 0.590. The number of rotatable bonds is 2. The first-order valence-corrected chi connectivity index (χ1v) is 4.46. The van der Waals surface area contributed by atoms with Crippen LogP contribution in [0.15, 0.2) is 0 Å². The van der Waals surface area contributed by atoms with Gasteiger partial charge in [-0.15, -0.1) is 0 Å². The van der Waals surface area contributed by atoms with Gasteiger partial charge in [-0.1, -0.05) is 13.8 Å². The Morgan fingerprint density at radius 2 is 2.25 bits per heavy atom. The first-order valence-electron chi connectivity index (χ1n) is 4.46. The van der Waals surface area contributed by atoms with Gasteiger partial charge in [0, 0.05) is 12.6 Å². The third-order valence-electron chi connectivity index (χ3n) is 2.50. The second kappa shape index (κ2) is 3.90. The smallest absolute Gasteiger partial charge is 0.310 e. The molecule has 0 aliphatic carbocycles. The summed E-state index contributed by atoms with van der Waals surface area (Å²) < 4.78 is 4.68. The van der Waals surface area contributed by atoms with Crippen molar-refractivity contribution in [3.05, 3.63) is 0 Å². The molecular weight excluding hydrogens is 154 g/mol. The highest BCUT2D eigenvalue weighted by Crippen LogP contribution is 2.20. The molecule has 0 aromatic heterocycles. The number of carbonyl (C=O) groups excluding carboxylic acids is 1. The van der Waals surface area contributed by atoms with Crippen LogP contribution in [0.5, 0.6) is 0 Å². The molecule has 0 aromatic carbocycles. The molecule has 1 aliphatic rings. The van der Waals surface area contributed by atoms with Crippen LogP contribution in [-0.2, 0) is 9.53 Å². The summed E-state index contributed by atoms with van der Waals surface area (Å²) >= 11 is 0. The van der Waals surface area contributed by atoms with Gasteiger partial charge in [0.05, 0.1) is 13.0 Å². The van der Waals surface area contributed by atoms with Crippen molar-refractivity contribution in [1.29, 1.82) is 0 Å². The van der Waals surface area contributed by atoms with Gasteiger partial charge in [0.25, 0.3) is 0 Å². The van der Waals surface area contributed by atoms with E-state index in [1.54, 1.807) is 0 Å². The van der Waals surface area contributed by atoms with E-state index >= 15 is 0 Å². The Hall–Kier alpha value is -0.570.